The predicted octanol–water partition coefficient (Wildman–Crippen LogP) is 8.78. The number of rotatable bonds is 8. The third-order valence-electron chi connectivity index (χ3n) is 6.00. The smallest absolute Gasteiger partial charge is 0.334 e. The molecule has 0 atom stereocenters. The van der Waals surface area contributed by atoms with Crippen molar-refractivity contribution in [2.45, 2.75) is 25.4 Å². The van der Waals surface area contributed by atoms with Gasteiger partial charge in [-0.25, -0.2) is 9.59 Å². The number of azo groups is 1. The maximum atomic E-state index is 12.7. The summed E-state index contributed by atoms with van der Waals surface area (Å²) in [5.74, 6) is 0. The van der Waals surface area contributed by atoms with Gasteiger partial charge in [0.2, 0.25) is 0 Å². The summed E-state index contributed by atoms with van der Waals surface area (Å²) in [6.45, 7) is 0.337. The fourth-order valence-electron chi connectivity index (χ4n) is 3.68. The van der Waals surface area contributed by atoms with Gasteiger partial charge in [-0.15, -0.1) is 0 Å². The topological polar surface area (TPSA) is 107 Å². The van der Waals surface area contributed by atoms with E-state index in [4.69, 9.17) is 0 Å². The summed E-state index contributed by atoms with van der Waals surface area (Å²) >= 11 is 0. The van der Waals surface area contributed by atoms with Crippen molar-refractivity contribution < 1.29 is 35.9 Å². The largest absolute Gasteiger partial charge is 0.416 e. The zero-order valence-electron chi connectivity index (χ0n) is 22.6. The number of hydrogen-bond donors (Lipinski definition) is 4. The molecule has 0 heterocycles. The molecule has 0 bridgehead atoms. The summed E-state index contributed by atoms with van der Waals surface area (Å²) in [7, 11) is 0. The van der Waals surface area contributed by atoms with Crippen LogP contribution < -0.4 is 21.3 Å². The highest BCUT2D eigenvalue weighted by Gasteiger charge is 2.30. The lowest BCUT2D eigenvalue weighted by molar-refractivity contribution is -0.138. The summed E-state index contributed by atoms with van der Waals surface area (Å²) < 4.78 is 75.9. The number of nitrogens with zero attached hydrogens (tertiary/aromatic N) is 2. The Morgan fingerprint density at radius 1 is 0.500 bits per heavy atom. The van der Waals surface area contributed by atoms with Gasteiger partial charge < -0.3 is 21.3 Å². The molecule has 228 valence electrons. The highest BCUT2D eigenvalue weighted by molar-refractivity contribution is 5.89. The molecule has 4 rings (SSSR count). The van der Waals surface area contributed by atoms with Crippen LogP contribution in [-0.4, -0.2) is 12.1 Å². The third-order valence-corrected chi connectivity index (χ3v) is 6.00. The number of nitrogens with one attached hydrogen (secondary N) is 4. The molecule has 0 unspecified atom stereocenters. The molecule has 0 aliphatic rings. The van der Waals surface area contributed by atoms with Crippen LogP contribution in [0.5, 0.6) is 0 Å². The Morgan fingerprint density at radius 3 is 1.11 bits per heavy atom. The monoisotopic (exact) mass is 614 g/mol. The molecule has 44 heavy (non-hydrogen) atoms. The molecule has 0 spiro atoms. The van der Waals surface area contributed by atoms with Gasteiger partial charge in [0.15, 0.2) is 0 Å². The van der Waals surface area contributed by atoms with E-state index in [-0.39, 0.29) is 24.5 Å². The number of anilines is 2. The number of carbonyl (C=O) groups is 2. The first-order valence-corrected chi connectivity index (χ1v) is 12.9. The predicted molar refractivity (Wildman–Crippen MR) is 152 cm³/mol. The highest BCUT2D eigenvalue weighted by Crippen LogP contribution is 2.30. The maximum absolute atomic E-state index is 12.7. The van der Waals surface area contributed by atoms with E-state index in [1.54, 1.807) is 48.5 Å². The molecule has 4 aromatic rings. The second kappa shape index (κ2) is 13.7. The number of halogens is 6. The van der Waals surface area contributed by atoms with Crippen LogP contribution in [0.4, 0.5) is 58.7 Å². The minimum atomic E-state index is -4.46. The second-order valence-electron chi connectivity index (χ2n) is 9.30. The van der Waals surface area contributed by atoms with E-state index < -0.39 is 35.5 Å². The zero-order valence-corrected chi connectivity index (χ0v) is 22.6. The number of benzene rings is 4. The lowest BCUT2D eigenvalue weighted by atomic mass is 10.2. The SMILES string of the molecule is O=C(NCc1ccc(N=Nc2ccc(CNC(=O)Nc3ccc(C(F)(F)F)cc3)cc2)cc1)Nc1ccc(C(F)(F)F)cc1. The molecule has 0 fully saturated rings. The number of hydrogen-bond acceptors (Lipinski definition) is 4. The summed E-state index contributed by atoms with van der Waals surface area (Å²) in [4.78, 5) is 24.1. The number of carbonyl (C=O) groups excluding carboxylic acids is 2. The Kier molecular flexibility index (Phi) is 9.83. The van der Waals surface area contributed by atoms with Crippen LogP contribution >= 0.6 is 0 Å². The zero-order chi connectivity index (χ0) is 31.7. The Morgan fingerprint density at radius 2 is 0.818 bits per heavy atom. The van der Waals surface area contributed by atoms with Gasteiger partial charge in [0.05, 0.1) is 22.5 Å². The molecule has 4 N–H and O–H groups in total. The van der Waals surface area contributed by atoms with Gasteiger partial charge in [-0.3, -0.25) is 0 Å². The Hall–Kier alpha value is -5.40. The third kappa shape index (κ3) is 9.58. The van der Waals surface area contributed by atoms with E-state index in [0.717, 1.165) is 35.4 Å². The second-order valence-corrected chi connectivity index (χ2v) is 9.30. The maximum Gasteiger partial charge on any atom is 0.416 e. The molecule has 0 radical (unpaired) electrons. The summed E-state index contributed by atoms with van der Waals surface area (Å²) in [5.41, 5.74) is 1.43. The van der Waals surface area contributed by atoms with Crippen LogP contribution in [0.2, 0.25) is 0 Å². The van der Waals surface area contributed by atoms with Crippen molar-refractivity contribution in [2.24, 2.45) is 10.2 Å². The quantitative estimate of drug-likeness (QED) is 0.118. The van der Waals surface area contributed by atoms with Gasteiger partial charge in [0, 0.05) is 24.5 Å². The van der Waals surface area contributed by atoms with Crippen molar-refractivity contribution in [3.05, 3.63) is 119 Å². The van der Waals surface area contributed by atoms with Crippen LogP contribution in [0, 0.1) is 0 Å². The van der Waals surface area contributed by atoms with E-state index in [9.17, 15) is 35.9 Å². The first-order chi connectivity index (χ1) is 20.8. The van der Waals surface area contributed by atoms with E-state index in [1.807, 2.05) is 0 Å². The number of alkyl halides is 6. The van der Waals surface area contributed by atoms with E-state index in [0.29, 0.717) is 11.4 Å². The standard InChI is InChI=1S/C30H24F6N6O2/c31-29(32,33)21-5-13-23(14-6-21)39-27(43)37-17-19-1-9-25(10-2-19)41-42-26-11-3-20(4-12-26)18-38-28(44)40-24-15-7-22(8-16-24)30(34,35)36/h1-16H,17-18H2,(H2,37,39,43)(H2,38,40,44). The minimum absolute atomic E-state index is 0.168. The van der Waals surface area contributed by atoms with E-state index in [2.05, 4.69) is 31.5 Å². The average Bonchev–Trinajstić information content (AvgIpc) is 2.98. The van der Waals surface area contributed by atoms with Gasteiger partial charge in [0.25, 0.3) is 0 Å². The van der Waals surface area contributed by atoms with E-state index in [1.165, 1.54) is 24.3 Å². The van der Waals surface area contributed by atoms with Gasteiger partial charge in [-0.05, 0) is 83.9 Å². The van der Waals surface area contributed by atoms with E-state index >= 15 is 0 Å². The van der Waals surface area contributed by atoms with Gasteiger partial charge >= 0.3 is 24.4 Å². The lowest BCUT2D eigenvalue weighted by Crippen LogP contribution is -2.28. The molecular weight excluding hydrogens is 590 g/mol. The fourth-order valence-corrected chi connectivity index (χ4v) is 3.68. The van der Waals surface area contributed by atoms with Crippen LogP contribution in [0.25, 0.3) is 0 Å². The fraction of sp³-hybridized carbons (Fsp3) is 0.133. The Bertz CT molecular complexity index is 1470. The highest BCUT2D eigenvalue weighted by atomic mass is 19.4. The van der Waals surface area contributed by atoms with Crippen molar-refractivity contribution in [2.75, 3.05) is 10.6 Å². The van der Waals surface area contributed by atoms with Crippen LogP contribution in [0.3, 0.4) is 0 Å². The Balaban J connectivity index is 1.19. The minimum Gasteiger partial charge on any atom is -0.334 e. The van der Waals surface area contributed by atoms with Crippen molar-refractivity contribution in [3.63, 3.8) is 0 Å². The molecule has 0 aliphatic heterocycles. The van der Waals surface area contributed by atoms with Crippen molar-refractivity contribution >= 4 is 34.8 Å². The first kappa shape index (κ1) is 31.5. The summed E-state index contributed by atoms with van der Waals surface area (Å²) in [5, 5.41) is 18.5. The van der Waals surface area contributed by atoms with Gasteiger partial charge in [-0.1, -0.05) is 24.3 Å². The van der Waals surface area contributed by atoms with Gasteiger partial charge in [0.1, 0.15) is 0 Å². The van der Waals surface area contributed by atoms with Crippen molar-refractivity contribution in [1.82, 2.24) is 10.6 Å². The molecular formula is C30H24F6N6O2. The molecule has 4 amide bonds. The molecule has 0 aromatic heterocycles. The molecule has 0 aliphatic carbocycles. The van der Waals surface area contributed by atoms with Crippen molar-refractivity contribution in [1.29, 1.82) is 0 Å². The number of amides is 4. The van der Waals surface area contributed by atoms with Crippen molar-refractivity contribution in [3.8, 4) is 0 Å². The first-order valence-electron chi connectivity index (χ1n) is 12.9. The molecule has 4 aromatic carbocycles. The number of urea groups is 2. The average molecular weight is 615 g/mol. The Labute approximate surface area is 247 Å². The van der Waals surface area contributed by atoms with Crippen LogP contribution in [-0.2, 0) is 25.4 Å². The molecule has 0 saturated heterocycles. The molecule has 8 nitrogen and oxygen atoms in total. The summed E-state index contributed by atoms with van der Waals surface area (Å²) in [6, 6.07) is 20.8. The van der Waals surface area contributed by atoms with Gasteiger partial charge in [-0.2, -0.15) is 36.6 Å². The van der Waals surface area contributed by atoms with Crippen LogP contribution in [0.15, 0.2) is 107 Å². The lowest BCUT2D eigenvalue weighted by Gasteiger charge is -2.10. The normalized spacial score (nSPS) is 11.7. The molecule has 14 heteroatoms. The summed E-state index contributed by atoms with van der Waals surface area (Å²) in [6.07, 6.45) is -8.91. The molecule has 0 saturated carbocycles. The van der Waals surface area contributed by atoms with Crippen LogP contribution in [0.1, 0.15) is 22.3 Å².